The summed E-state index contributed by atoms with van der Waals surface area (Å²) >= 11 is 0. The summed E-state index contributed by atoms with van der Waals surface area (Å²) in [5.41, 5.74) is -5.83. The number of hydrogen-bond acceptors (Lipinski definition) is 6. The molecule has 4 rings (SSSR count). The molecule has 6 nitrogen and oxygen atoms in total. The number of carbonyl (C=O) groups is 2. The van der Waals surface area contributed by atoms with E-state index in [1.54, 1.807) is 0 Å². The molecule has 4 aliphatic carbocycles. The fourth-order valence-electron chi connectivity index (χ4n) is 6.10. The summed E-state index contributed by atoms with van der Waals surface area (Å²) in [7, 11) is 0. The minimum absolute atomic E-state index is 0.239. The summed E-state index contributed by atoms with van der Waals surface area (Å²) in [5.74, 6) is -39.3. The van der Waals surface area contributed by atoms with E-state index in [1.807, 2.05) is 0 Å². The molecule has 0 radical (unpaired) electrons. The van der Waals surface area contributed by atoms with Crippen LogP contribution in [0.15, 0.2) is 0 Å². The Morgan fingerprint density at radius 3 is 0.920 bits per heavy atom. The van der Waals surface area contributed by atoms with Gasteiger partial charge in [-0.15, -0.1) is 0 Å². The van der Waals surface area contributed by atoms with Gasteiger partial charge >= 0.3 is 72.4 Å². The average molecular weight is 792 g/mol. The molecule has 0 saturated heterocycles. The highest BCUT2D eigenvalue weighted by Gasteiger charge is 2.82. The van der Waals surface area contributed by atoms with E-state index in [9.17, 15) is 106 Å². The molecule has 4 bridgehead atoms. The molecule has 0 aromatic heterocycles. The van der Waals surface area contributed by atoms with Crippen LogP contribution in [0.25, 0.3) is 0 Å². The molecule has 2 unspecified atom stereocenters. The van der Waals surface area contributed by atoms with Crippen molar-refractivity contribution in [3.8, 4) is 0 Å². The molecule has 0 heterocycles. The van der Waals surface area contributed by atoms with E-state index in [1.165, 1.54) is 0 Å². The number of carbonyl (C=O) groups excluding carboxylic acids is 2. The Bertz CT molecular complexity index is 1220. The molecular weight excluding hydrogens is 778 g/mol. The van der Waals surface area contributed by atoms with Gasteiger partial charge in [0.1, 0.15) is 11.2 Å². The SMILES string of the molecule is O=C(OC12CC3CC(C1)CC(OC(=O)C(F)(OC(F)(F)C(F)(F)C(F)(F)F)C(F)(F)F)(C3)C2)C(F)(OC(F)(F)C(F)(F)C(F)(F)F)C(F)(F)F. The van der Waals surface area contributed by atoms with Crippen molar-refractivity contribution < 1.29 is 125 Å². The van der Waals surface area contributed by atoms with Crippen molar-refractivity contribution in [1.82, 2.24) is 0 Å². The van der Waals surface area contributed by atoms with Gasteiger partial charge in [0.15, 0.2) is 0 Å². The molecular formula is C22H14F22O6. The molecule has 0 aromatic rings. The van der Waals surface area contributed by atoms with E-state index in [2.05, 4.69) is 18.9 Å². The first-order valence-electron chi connectivity index (χ1n) is 12.8. The molecule has 2 atom stereocenters. The van der Waals surface area contributed by atoms with Crippen LogP contribution < -0.4 is 0 Å². The third-order valence-electron chi connectivity index (χ3n) is 7.81. The number of esters is 2. The smallest absolute Gasteiger partial charge is 0.454 e. The lowest BCUT2D eigenvalue weighted by Crippen LogP contribution is -2.67. The summed E-state index contributed by atoms with van der Waals surface area (Å²) in [6.07, 6.45) is -50.0. The van der Waals surface area contributed by atoms with E-state index in [0.29, 0.717) is 0 Å². The molecule has 50 heavy (non-hydrogen) atoms. The Morgan fingerprint density at radius 1 is 0.440 bits per heavy atom. The molecule has 0 aliphatic heterocycles. The van der Waals surface area contributed by atoms with Crippen molar-refractivity contribution in [2.45, 2.75) is 110 Å². The van der Waals surface area contributed by atoms with Gasteiger partial charge in [-0.1, -0.05) is 0 Å². The minimum Gasteiger partial charge on any atom is -0.454 e. The van der Waals surface area contributed by atoms with Crippen LogP contribution in [0.1, 0.15) is 38.5 Å². The second-order valence-electron chi connectivity index (χ2n) is 11.7. The van der Waals surface area contributed by atoms with Crippen LogP contribution in [0.4, 0.5) is 96.6 Å². The largest absolute Gasteiger partial charge is 0.462 e. The highest BCUT2D eigenvalue weighted by molar-refractivity contribution is 5.80. The second kappa shape index (κ2) is 11.4. The molecule has 0 N–H and O–H groups in total. The van der Waals surface area contributed by atoms with Gasteiger partial charge in [0.25, 0.3) is 0 Å². The average Bonchev–Trinajstić information content (AvgIpc) is 2.83. The van der Waals surface area contributed by atoms with Crippen LogP contribution in [0, 0.1) is 11.8 Å². The van der Waals surface area contributed by atoms with E-state index in [4.69, 9.17) is 0 Å². The molecule has 28 heteroatoms. The van der Waals surface area contributed by atoms with Crippen molar-refractivity contribution in [2.24, 2.45) is 11.8 Å². The van der Waals surface area contributed by atoms with Gasteiger partial charge < -0.3 is 9.47 Å². The highest BCUT2D eigenvalue weighted by atomic mass is 19.4. The number of halogens is 22. The summed E-state index contributed by atoms with van der Waals surface area (Å²) in [5, 5.41) is 0. The number of rotatable bonds is 10. The van der Waals surface area contributed by atoms with Gasteiger partial charge in [0.2, 0.25) is 0 Å². The lowest BCUT2D eigenvalue weighted by Gasteiger charge is -2.60. The normalized spacial score (nSPS) is 29.3. The van der Waals surface area contributed by atoms with Gasteiger partial charge in [0, 0.05) is 6.42 Å². The Balaban J connectivity index is 1.98. The summed E-state index contributed by atoms with van der Waals surface area (Å²) < 4.78 is 305. The van der Waals surface area contributed by atoms with Gasteiger partial charge in [-0.25, -0.2) is 9.59 Å². The van der Waals surface area contributed by atoms with Crippen molar-refractivity contribution >= 4 is 11.9 Å². The van der Waals surface area contributed by atoms with Gasteiger partial charge in [-0.3, -0.25) is 9.47 Å². The highest BCUT2D eigenvalue weighted by Crippen LogP contribution is 2.62. The lowest BCUT2D eigenvalue weighted by molar-refractivity contribution is -0.476. The number of hydrogen-bond donors (Lipinski definition) is 0. The minimum atomic E-state index is -7.62. The molecule has 4 saturated carbocycles. The summed E-state index contributed by atoms with van der Waals surface area (Å²) in [6.45, 7) is 0. The zero-order valence-corrected chi connectivity index (χ0v) is 23.2. The standard InChI is InChI=1S/C22H14F22O6/c23-13(17(29,30)31,49-21(41,42)15(25,26)19(35,36)37)9(45)47-11-2-7-1-8(4-11)5-12(3-7,6-11)48-10(46)14(24,18(32,33)34)50-22(43,44)16(27,28)20(38,39)40/h7-8H,1-6H2. The van der Waals surface area contributed by atoms with Crippen molar-refractivity contribution in [1.29, 1.82) is 0 Å². The monoisotopic (exact) mass is 792 g/mol. The lowest BCUT2D eigenvalue weighted by atomic mass is 9.52. The van der Waals surface area contributed by atoms with Crippen LogP contribution in [0.3, 0.4) is 0 Å². The second-order valence-corrected chi connectivity index (χ2v) is 11.7. The van der Waals surface area contributed by atoms with Gasteiger partial charge in [-0.2, -0.15) is 96.6 Å². The van der Waals surface area contributed by atoms with Crippen molar-refractivity contribution in [3.05, 3.63) is 0 Å². The molecule has 0 amide bonds. The van der Waals surface area contributed by atoms with Crippen molar-refractivity contribution in [3.63, 3.8) is 0 Å². The van der Waals surface area contributed by atoms with Crippen LogP contribution >= 0.6 is 0 Å². The zero-order valence-electron chi connectivity index (χ0n) is 23.2. The van der Waals surface area contributed by atoms with E-state index in [0.717, 1.165) is 0 Å². The van der Waals surface area contributed by atoms with Gasteiger partial charge in [0.05, 0.1) is 0 Å². The Hall–Kier alpha value is -2.68. The van der Waals surface area contributed by atoms with Crippen molar-refractivity contribution in [2.75, 3.05) is 0 Å². The molecule has 0 spiro atoms. The Morgan fingerprint density at radius 2 is 0.700 bits per heavy atom. The van der Waals surface area contributed by atoms with E-state index < -0.39 is 128 Å². The summed E-state index contributed by atoms with van der Waals surface area (Å²) in [4.78, 5) is 24.6. The Labute approximate surface area is 260 Å². The molecule has 4 fully saturated rings. The quantitative estimate of drug-likeness (QED) is 0.164. The third kappa shape index (κ3) is 6.69. The van der Waals surface area contributed by atoms with E-state index in [-0.39, 0.29) is 6.42 Å². The first kappa shape index (κ1) is 41.7. The van der Waals surface area contributed by atoms with Crippen LogP contribution in [-0.2, 0) is 28.5 Å². The van der Waals surface area contributed by atoms with Crippen LogP contribution in [-0.4, -0.2) is 83.6 Å². The topological polar surface area (TPSA) is 71.1 Å². The van der Waals surface area contributed by atoms with Crippen LogP contribution in [0.2, 0.25) is 0 Å². The fourth-order valence-corrected chi connectivity index (χ4v) is 6.10. The first-order chi connectivity index (χ1) is 21.7. The maximum absolute atomic E-state index is 14.8. The number of alkyl halides is 22. The van der Waals surface area contributed by atoms with E-state index >= 15 is 0 Å². The fraction of sp³-hybridized carbons (Fsp3) is 0.909. The zero-order chi connectivity index (χ0) is 39.4. The maximum atomic E-state index is 14.8. The third-order valence-corrected chi connectivity index (χ3v) is 7.81. The van der Waals surface area contributed by atoms with Crippen LogP contribution in [0.5, 0.6) is 0 Å². The molecule has 292 valence electrons. The molecule has 0 aromatic carbocycles. The Kier molecular flexibility index (Phi) is 9.52. The predicted octanol–water partition coefficient (Wildman–Crippen LogP) is 8.23. The first-order valence-corrected chi connectivity index (χ1v) is 12.8. The predicted molar refractivity (Wildman–Crippen MR) is 106 cm³/mol. The molecule has 4 aliphatic rings. The van der Waals surface area contributed by atoms with Gasteiger partial charge in [-0.05, 0) is 43.9 Å². The maximum Gasteiger partial charge on any atom is 0.462 e. The summed E-state index contributed by atoms with van der Waals surface area (Å²) in [6, 6.07) is 0. The number of ether oxygens (including phenoxy) is 4.